The highest BCUT2D eigenvalue weighted by Crippen LogP contribution is 2.48. The number of carbonyl (C=O) groups excluding carboxylic acids is 1. The molecule has 50 heavy (non-hydrogen) atoms. The third-order valence-electron chi connectivity index (χ3n) is 9.91. The molecule has 1 aliphatic heterocycles. The molecule has 256 valence electrons. The highest BCUT2D eigenvalue weighted by Gasteiger charge is 2.45. The Labute approximate surface area is 300 Å². The zero-order chi connectivity index (χ0) is 35.6. The predicted octanol–water partition coefficient (Wildman–Crippen LogP) is 9.14. The summed E-state index contributed by atoms with van der Waals surface area (Å²) in [6.07, 6.45) is 1.16. The van der Waals surface area contributed by atoms with E-state index in [9.17, 15) is 9.90 Å². The van der Waals surface area contributed by atoms with E-state index in [0.29, 0.717) is 35.7 Å². The number of ether oxygens (including phenoxy) is 1. The number of anilines is 1. The van der Waals surface area contributed by atoms with Gasteiger partial charge in [0.25, 0.3) is 5.91 Å². The first-order valence-electron chi connectivity index (χ1n) is 16.6. The highest BCUT2D eigenvalue weighted by molar-refractivity contribution is 6.32. The summed E-state index contributed by atoms with van der Waals surface area (Å²) in [6, 6.07) is 17.7. The Morgan fingerprint density at radius 3 is 2.40 bits per heavy atom. The van der Waals surface area contributed by atoms with Gasteiger partial charge in [-0.05, 0) is 101 Å². The summed E-state index contributed by atoms with van der Waals surface area (Å²) in [5.74, 6) is -0.791. The number of nitrogens with zero attached hydrogens (tertiary/aromatic N) is 5. The SMILES string of the molecule is Cc1cc(OCCCc2c3n(c4cc(Cl)ccc24)C(C)[C@@H](c2c(C)nn(C)c2C)N(c2cc4ccccc4nc2C(=O)O)C3=O)cc(C)c1Cl. The van der Waals surface area contributed by atoms with Crippen LogP contribution in [0.1, 0.15) is 80.0 Å². The zero-order valence-corrected chi connectivity index (χ0v) is 30.2. The van der Waals surface area contributed by atoms with Crippen LogP contribution >= 0.6 is 23.2 Å². The number of rotatable bonds is 8. The van der Waals surface area contributed by atoms with E-state index >= 15 is 4.79 Å². The van der Waals surface area contributed by atoms with Gasteiger partial charge in [-0.1, -0.05) is 47.5 Å². The third kappa shape index (κ3) is 5.49. The number of hydrogen-bond donors (Lipinski definition) is 1. The maximum absolute atomic E-state index is 15.3. The average molecular weight is 711 g/mol. The molecule has 11 heteroatoms. The first-order valence-corrected chi connectivity index (χ1v) is 17.3. The molecule has 6 aromatic rings. The van der Waals surface area contributed by atoms with Gasteiger partial charge >= 0.3 is 5.97 Å². The molecule has 0 aliphatic carbocycles. The van der Waals surface area contributed by atoms with Crippen LogP contribution in [0.5, 0.6) is 5.75 Å². The Bertz CT molecular complexity index is 2340. The number of pyridine rings is 1. The van der Waals surface area contributed by atoms with Crippen LogP contribution < -0.4 is 9.64 Å². The number of benzene rings is 3. The normalized spacial score (nSPS) is 16.0. The number of amides is 1. The fraction of sp³-hybridized carbons (Fsp3) is 0.282. The minimum atomic E-state index is -1.22. The molecular formula is C39H37Cl2N5O4. The van der Waals surface area contributed by atoms with E-state index < -0.39 is 12.0 Å². The van der Waals surface area contributed by atoms with Crippen LogP contribution in [-0.4, -0.2) is 42.9 Å². The number of halogens is 2. The summed E-state index contributed by atoms with van der Waals surface area (Å²) in [6.45, 7) is 10.3. The van der Waals surface area contributed by atoms with Crippen LogP contribution in [0, 0.1) is 27.7 Å². The van der Waals surface area contributed by atoms with E-state index in [-0.39, 0.29) is 23.3 Å². The van der Waals surface area contributed by atoms with Gasteiger partial charge in [0, 0.05) is 39.1 Å². The fourth-order valence-electron chi connectivity index (χ4n) is 7.58. The first-order chi connectivity index (χ1) is 23.9. The lowest BCUT2D eigenvalue weighted by Crippen LogP contribution is -2.46. The number of aromatic nitrogens is 4. The molecule has 9 nitrogen and oxygen atoms in total. The van der Waals surface area contributed by atoms with Crippen molar-refractivity contribution in [3.05, 3.63) is 116 Å². The van der Waals surface area contributed by atoms with Crippen LogP contribution in [0.15, 0.2) is 60.7 Å². The number of aromatic carboxylic acids is 1. The smallest absolute Gasteiger partial charge is 0.356 e. The molecule has 3 aromatic carbocycles. The maximum atomic E-state index is 15.3. The van der Waals surface area contributed by atoms with Gasteiger partial charge in [-0.25, -0.2) is 9.78 Å². The van der Waals surface area contributed by atoms with Gasteiger partial charge in [-0.15, -0.1) is 0 Å². The quantitative estimate of drug-likeness (QED) is 0.158. The van der Waals surface area contributed by atoms with E-state index in [4.69, 9.17) is 33.0 Å². The van der Waals surface area contributed by atoms with Gasteiger partial charge in [0.05, 0.1) is 41.1 Å². The van der Waals surface area contributed by atoms with Crippen molar-refractivity contribution >= 4 is 62.6 Å². The van der Waals surface area contributed by atoms with Crippen molar-refractivity contribution in [3.8, 4) is 5.75 Å². The van der Waals surface area contributed by atoms with Crippen molar-refractivity contribution < 1.29 is 19.4 Å². The number of carboxylic acids is 1. The average Bonchev–Trinajstić information content (AvgIpc) is 3.53. The van der Waals surface area contributed by atoms with Gasteiger partial charge in [-0.3, -0.25) is 14.4 Å². The van der Waals surface area contributed by atoms with Gasteiger partial charge in [0.1, 0.15) is 11.4 Å². The van der Waals surface area contributed by atoms with Crippen LogP contribution in [0.4, 0.5) is 5.69 Å². The molecule has 2 atom stereocenters. The Morgan fingerprint density at radius 2 is 1.72 bits per heavy atom. The highest BCUT2D eigenvalue weighted by atomic mass is 35.5. The van der Waals surface area contributed by atoms with Crippen molar-refractivity contribution in [1.29, 1.82) is 0 Å². The van der Waals surface area contributed by atoms with E-state index in [1.54, 1.807) is 21.7 Å². The summed E-state index contributed by atoms with van der Waals surface area (Å²) in [7, 11) is 1.87. The number of carboxylic acid groups (broad SMARTS) is 1. The molecule has 1 unspecified atom stereocenters. The minimum Gasteiger partial charge on any atom is -0.494 e. The van der Waals surface area contributed by atoms with Crippen molar-refractivity contribution in [1.82, 2.24) is 19.3 Å². The molecule has 0 saturated heterocycles. The van der Waals surface area contributed by atoms with E-state index in [1.807, 2.05) is 83.3 Å². The lowest BCUT2D eigenvalue weighted by molar-refractivity contribution is 0.0691. The van der Waals surface area contributed by atoms with Gasteiger partial charge in [0.2, 0.25) is 0 Å². The third-order valence-corrected chi connectivity index (χ3v) is 10.7. The number of carbonyl (C=O) groups is 2. The molecule has 1 N–H and O–H groups in total. The van der Waals surface area contributed by atoms with Gasteiger partial charge in [-0.2, -0.15) is 5.10 Å². The van der Waals surface area contributed by atoms with E-state index in [1.165, 1.54) is 0 Å². The monoisotopic (exact) mass is 709 g/mol. The number of para-hydroxylation sites is 1. The first kappa shape index (κ1) is 33.6. The Kier molecular flexibility index (Phi) is 8.60. The van der Waals surface area contributed by atoms with Gasteiger partial charge in [0.15, 0.2) is 5.69 Å². The minimum absolute atomic E-state index is 0.190. The number of fused-ring (bicyclic) bond motifs is 4. The van der Waals surface area contributed by atoms with Crippen LogP contribution in [0.25, 0.3) is 21.8 Å². The summed E-state index contributed by atoms with van der Waals surface area (Å²) < 4.78 is 10.0. The summed E-state index contributed by atoms with van der Waals surface area (Å²) in [4.78, 5) is 34.4. The Hall–Kier alpha value is -4.86. The second-order valence-corrected chi connectivity index (χ2v) is 13.9. The molecule has 7 rings (SSSR count). The zero-order valence-electron chi connectivity index (χ0n) is 28.7. The second kappa shape index (κ2) is 12.8. The van der Waals surface area contributed by atoms with Crippen LogP contribution in [0.3, 0.4) is 0 Å². The lowest BCUT2D eigenvalue weighted by Gasteiger charge is -2.42. The fourth-order valence-corrected chi connectivity index (χ4v) is 7.86. The summed E-state index contributed by atoms with van der Waals surface area (Å²) in [5, 5.41) is 18.1. The molecule has 0 bridgehead atoms. The predicted molar refractivity (Wildman–Crippen MR) is 197 cm³/mol. The lowest BCUT2D eigenvalue weighted by atomic mass is 9.91. The summed E-state index contributed by atoms with van der Waals surface area (Å²) >= 11 is 13.0. The molecule has 0 saturated carbocycles. The standard InChI is InChI=1S/C39H37Cl2N5O4/c1-20-16-27(17-21(2)34(20)41)50-15-9-11-29-28-14-13-26(40)19-31(28)45-24(5)36(33-22(3)43-44(6)23(33)4)46(38(47)37(29)45)32-18-25-10-7-8-12-30(25)42-35(32)39(48)49/h7-8,10,12-14,16-19,24,36H,9,11,15H2,1-6H3,(H,48,49)/t24?,36-/m0/s1. The molecule has 0 fully saturated rings. The molecule has 4 heterocycles. The van der Waals surface area contributed by atoms with Crippen molar-refractivity contribution in [2.24, 2.45) is 7.05 Å². The van der Waals surface area contributed by atoms with E-state index in [2.05, 4.69) is 16.5 Å². The maximum Gasteiger partial charge on any atom is 0.356 e. The van der Waals surface area contributed by atoms with Gasteiger partial charge < -0.3 is 14.4 Å². The second-order valence-electron chi connectivity index (χ2n) is 13.1. The van der Waals surface area contributed by atoms with Crippen molar-refractivity contribution in [3.63, 3.8) is 0 Å². The Balaban J connectivity index is 1.40. The molecule has 0 radical (unpaired) electrons. The number of aryl methyl sites for hydroxylation is 5. The topological polar surface area (TPSA) is 102 Å². The molecule has 1 amide bonds. The molecule has 3 aromatic heterocycles. The number of hydrogen-bond acceptors (Lipinski definition) is 5. The van der Waals surface area contributed by atoms with Crippen molar-refractivity contribution in [2.75, 3.05) is 11.5 Å². The Morgan fingerprint density at radius 1 is 1.00 bits per heavy atom. The molecule has 0 spiro atoms. The van der Waals surface area contributed by atoms with Crippen LogP contribution in [-0.2, 0) is 13.5 Å². The largest absolute Gasteiger partial charge is 0.494 e. The molecule has 1 aliphatic rings. The van der Waals surface area contributed by atoms with E-state index in [0.717, 1.165) is 60.7 Å². The summed E-state index contributed by atoms with van der Waals surface area (Å²) in [5.41, 5.74) is 7.16. The molecular weight excluding hydrogens is 673 g/mol. The van der Waals surface area contributed by atoms with Crippen molar-refractivity contribution in [2.45, 2.75) is 59.5 Å². The van der Waals surface area contributed by atoms with Crippen LogP contribution in [0.2, 0.25) is 10.0 Å².